The minimum absolute atomic E-state index is 0.0741. The van der Waals surface area contributed by atoms with E-state index in [9.17, 15) is 12.8 Å². The number of hydrogen-bond donors (Lipinski definition) is 0. The molecule has 8 heteroatoms. The van der Waals surface area contributed by atoms with Crippen LogP contribution in [-0.4, -0.2) is 24.8 Å². The fraction of sp³-hybridized carbons (Fsp3) is 0.125. The molecule has 1 aromatic heterocycles. The van der Waals surface area contributed by atoms with Gasteiger partial charge in [-0.2, -0.15) is 4.98 Å². The second-order valence-corrected chi connectivity index (χ2v) is 7.04. The van der Waals surface area contributed by atoms with Gasteiger partial charge >= 0.3 is 0 Å². The first-order chi connectivity index (χ1) is 11.4. The summed E-state index contributed by atoms with van der Waals surface area (Å²) in [5.41, 5.74) is 0.600. The summed E-state index contributed by atoms with van der Waals surface area (Å²) in [6.45, 7) is -0.0741. The Labute approximate surface area is 137 Å². The first-order valence-electron chi connectivity index (χ1n) is 6.94. The van der Waals surface area contributed by atoms with Crippen molar-refractivity contribution in [1.82, 2.24) is 10.1 Å². The average molecular weight is 348 g/mol. The summed E-state index contributed by atoms with van der Waals surface area (Å²) in [7, 11) is -3.26. The highest BCUT2D eigenvalue weighted by atomic mass is 32.2. The lowest BCUT2D eigenvalue weighted by Crippen LogP contribution is -1.98. The quantitative estimate of drug-likeness (QED) is 0.705. The van der Waals surface area contributed by atoms with Gasteiger partial charge in [0.2, 0.25) is 5.82 Å². The topological polar surface area (TPSA) is 82.3 Å². The minimum atomic E-state index is -3.26. The number of benzene rings is 2. The van der Waals surface area contributed by atoms with Gasteiger partial charge in [-0.25, -0.2) is 12.8 Å². The fourth-order valence-electron chi connectivity index (χ4n) is 1.98. The lowest BCUT2D eigenvalue weighted by Gasteiger charge is -2.03. The monoisotopic (exact) mass is 348 g/mol. The van der Waals surface area contributed by atoms with Crippen molar-refractivity contribution in [1.29, 1.82) is 0 Å². The van der Waals surface area contributed by atoms with Gasteiger partial charge in [0.25, 0.3) is 5.89 Å². The molecular formula is C16H13FN2O4S. The van der Waals surface area contributed by atoms with Crippen LogP contribution < -0.4 is 4.74 Å². The molecule has 0 fully saturated rings. The van der Waals surface area contributed by atoms with Crippen molar-refractivity contribution >= 4 is 9.84 Å². The van der Waals surface area contributed by atoms with E-state index in [1.807, 2.05) is 0 Å². The summed E-state index contributed by atoms with van der Waals surface area (Å²) in [6.07, 6.45) is 1.13. The number of halogens is 1. The van der Waals surface area contributed by atoms with Crippen molar-refractivity contribution in [2.24, 2.45) is 0 Å². The van der Waals surface area contributed by atoms with Gasteiger partial charge < -0.3 is 9.26 Å². The molecule has 124 valence electrons. The molecule has 0 bridgehead atoms. The van der Waals surface area contributed by atoms with Crippen LogP contribution in [0, 0.1) is 5.82 Å². The Morgan fingerprint density at radius 1 is 1.12 bits per heavy atom. The third kappa shape index (κ3) is 3.60. The SMILES string of the molecule is CS(=O)(=O)c1ccc(-c2noc(COc3ccccc3F)n2)cc1. The lowest BCUT2D eigenvalue weighted by atomic mass is 10.2. The summed E-state index contributed by atoms with van der Waals surface area (Å²) < 4.78 is 46.7. The van der Waals surface area contributed by atoms with Crippen molar-refractivity contribution in [2.45, 2.75) is 11.5 Å². The highest BCUT2D eigenvalue weighted by Crippen LogP contribution is 2.20. The molecule has 24 heavy (non-hydrogen) atoms. The van der Waals surface area contributed by atoms with E-state index in [0.717, 1.165) is 6.26 Å². The number of rotatable bonds is 5. The van der Waals surface area contributed by atoms with Crippen molar-refractivity contribution in [3.63, 3.8) is 0 Å². The molecule has 0 N–H and O–H groups in total. The van der Waals surface area contributed by atoms with Gasteiger partial charge in [0.15, 0.2) is 28.0 Å². The average Bonchev–Trinajstić information content (AvgIpc) is 3.02. The van der Waals surface area contributed by atoms with Gasteiger partial charge in [-0.3, -0.25) is 0 Å². The van der Waals surface area contributed by atoms with Crippen molar-refractivity contribution in [2.75, 3.05) is 6.26 Å². The smallest absolute Gasteiger partial charge is 0.264 e. The van der Waals surface area contributed by atoms with Crippen LogP contribution in [0.5, 0.6) is 5.75 Å². The maximum atomic E-state index is 13.5. The lowest BCUT2D eigenvalue weighted by molar-refractivity contribution is 0.234. The molecule has 0 radical (unpaired) electrons. The van der Waals surface area contributed by atoms with Crippen molar-refractivity contribution in [3.05, 3.63) is 60.2 Å². The first kappa shape index (κ1) is 16.1. The third-order valence-corrected chi connectivity index (χ3v) is 4.33. The highest BCUT2D eigenvalue weighted by molar-refractivity contribution is 7.90. The van der Waals surface area contributed by atoms with Crippen LogP contribution in [-0.2, 0) is 16.4 Å². The highest BCUT2D eigenvalue weighted by Gasteiger charge is 2.12. The van der Waals surface area contributed by atoms with Gasteiger partial charge in [-0.1, -0.05) is 17.3 Å². The molecule has 1 heterocycles. The summed E-state index contributed by atoms with van der Waals surface area (Å²) in [5, 5.41) is 3.80. The van der Waals surface area contributed by atoms with Gasteiger partial charge in [-0.05, 0) is 36.4 Å². The summed E-state index contributed by atoms with van der Waals surface area (Å²) in [4.78, 5) is 4.35. The molecule has 0 aliphatic rings. The van der Waals surface area contributed by atoms with Crippen LogP contribution in [0.3, 0.4) is 0 Å². The molecule has 0 aliphatic carbocycles. The van der Waals surface area contributed by atoms with Gasteiger partial charge in [0.1, 0.15) is 0 Å². The number of para-hydroxylation sites is 1. The Kier molecular flexibility index (Phi) is 4.30. The Hall–Kier alpha value is -2.74. The van der Waals surface area contributed by atoms with Crippen LogP contribution >= 0.6 is 0 Å². The molecule has 0 aliphatic heterocycles. The molecule has 0 saturated heterocycles. The zero-order chi connectivity index (χ0) is 17.2. The van der Waals surface area contributed by atoms with E-state index in [-0.39, 0.29) is 23.1 Å². The molecule has 3 rings (SSSR count). The molecule has 0 atom stereocenters. The van der Waals surface area contributed by atoms with Crippen molar-refractivity contribution in [3.8, 4) is 17.1 Å². The van der Waals surface area contributed by atoms with Crippen LogP contribution in [0.15, 0.2) is 57.9 Å². The second-order valence-electron chi connectivity index (χ2n) is 5.03. The first-order valence-corrected chi connectivity index (χ1v) is 8.83. The van der Waals surface area contributed by atoms with Gasteiger partial charge in [-0.15, -0.1) is 0 Å². The zero-order valence-electron chi connectivity index (χ0n) is 12.6. The van der Waals surface area contributed by atoms with Gasteiger partial charge in [0, 0.05) is 11.8 Å². The zero-order valence-corrected chi connectivity index (χ0v) is 13.5. The number of ether oxygens (including phenoxy) is 1. The number of aromatic nitrogens is 2. The summed E-state index contributed by atoms with van der Waals surface area (Å²) >= 11 is 0. The molecule has 0 unspecified atom stereocenters. The number of hydrogen-bond acceptors (Lipinski definition) is 6. The Morgan fingerprint density at radius 2 is 1.83 bits per heavy atom. The third-order valence-electron chi connectivity index (χ3n) is 3.20. The normalized spacial score (nSPS) is 11.4. The fourth-order valence-corrected chi connectivity index (χ4v) is 2.61. The van der Waals surface area contributed by atoms with Crippen LogP contribution in [0.4, 0.5) is 4.39 Å². The predicted octanol–water partition coefficient (Wildman–Crippen LogP) is 2.86. The van der Waals surface area contributed by atoms with Crippen LogP contribution in [0.25, 0.3) is 11.4 Å². The van der Waals surface area contributed by atoms with E-state index < -0.39 is 15.7 Å². The molecule has 0 saturated carbocycles. The van der Waals surface area contributed by atoms with E-state index >= 15 is 0 Å². The molecule has 0 spiro atoms. The standard InChI is InChI=1S/C16H13FN2O4S/c1-24(20,21)12-8-6-11(7-9-12)16-18-15(23-19-16)10-22-14-5-3-2-4-13(14)17/h2-9H,10H2,1H3. The van der Waals surface area contributed by atoms with E-state index in [4.69, 9.17) is 9.26 Å². The predicted molar refractivity (Wildman–Crippen MR) is 83.6 cm³/mol. The van der Waals surface area contributed by atoms with Crippen LogP contribution in [0.2, 0.25) is 0 Å². The van der Waals surface area contributed by atoms with E-state index in [1.165, 1.54) is 24.3 Å². The summed E-state index contributed by atoms with van der Waals surface area (Å²) in [6, 6.07) is 12.1. The molecular weight excluding hydrogens is 335 g/mol. The van der Waals surface area contributed by atoms with E-state index in [0.29, 0.717) is 11.4 Å². The van der Waals surface area contributed by atoms with Gasteiger partial charge in [0.05, 0.1) is 4.90 Å². The number of nitrogens with zero attached hydrogens (tertiary/aromatic N) is 2. The molecule has 3 aromatic rings. The largest absolute Gasteiger partial charge is 0.481 e. The Bertz CT molecular complexity index is 952. The number of sulfone groups is 1. The molecule has 0 amide bonds. The maximum Gasteiger partial charge on any atom is 0.264 e. The Morgan fingerprint density at radius 3 is 2.50 bits per heavy atom. The minimum Gasteiger partial charge on any atom is -0.481 e. The second kappa shape index (κ2) is 6.40. The Balaban J connectivity index is 1.72. The maximum absolute atomic E-state index is 13.5. The molecule has 2 aromatic carbocycles. The van der Waals surface area contributed by atoms with Crippen LogP contribution in [0.1, 0.15) is 5.89 Å². The summed E-state index contributed by atoms with van der Waals surface area (Å²) in [5.74, 6) is 0.0889. The van der Waals surface area contributed by atoms with E-state index in [2.05, 4.69) is 10.1 Å². The van der Waals surface area contributed by atoms with Crippen molar-refractivity contribution < 1.29 is 22.1 Å². The molecule has 6 nitrogen and oxygen atoms in total. The van der Waals surface area contributed by atoms with E-state index in [1.54, 1.807) is 24.3 Å².